The number of imidazole rings is 1. The van der Waals surface area contributed by atoms with Crippen molar-refractivity contribution in [3.05, 3.63) is 65.1 Å². The van der Waals surface area contributed by atoms with Crippen molar-refractivity contribution in [1.82, 2.24) is 9.55 Å². The molecule has 7 heteroatoms. The predicted molar refractivity (Wildman–Crippen MR) is 128 cm³/mol. The highest BCUT2D eigenvalue weighted by atomic mass is 16.5. The highest BCUT2D eigenvalue weighted by Gasteiger charge is 2.41. The van der Waals surface area contributed by atoms with Crippen LogP contribution in [0.3, 0.4) is 0 Å². The Hall–Kier alpha value is -3.19. The molecule has 1 fully saturated rings. The summed E-state index contributed by atoms with van der Waals surface area (Å²) in [5.41, 5.74) is 3.73. The summed E-state index contributed by atoms with van der Waals surface area (Å²) < 4.78 is 8.41. The zero-order chi connectivity index (χ0) is 22.8. The predicted octanol–water partition coefficient (Wildman–Crippen LogP) is 4.25. The Bertz CT molecular complexity index is 1190. The van der Waals surface area contributed by atoms with E-state index in [1.807, 2.05) is 42.5 Å². The first kappa shape index (κ1) is 21.6. The summed E-state index contributed by atoms with van der Waals surface area (Å²) in [6, 6.07) is 15.5. The maximum absolute atomic E-state index is 13.6. The average Bonchev–Trinajstić information content (AvgIpc) is 3.34. The topological polar surface area (TPSA) is 73.4 Å². The van der Waals surface area contributed by atoms with Crippen molar-refractivity contribution in [2.75, 3.05) is 18.6 Å². The van der Waals surface area contributed by atoms with E-state index < -0.39 is 0 Å². The molecule has 172 valence electrons. The lowest BCUT2D eigenvalue weighted by atomic mass is 9.95. The van der Waals surface area contributed by atoms with Gasteiger partial charge in [0.1, 0.15) is 5.82 Å². The normalized spacial score (nSPS) is 18.2. The smallest absolute Gasteiger partial charge is 0.325 e. The van der Waals surface area contributed by atoms with E-state index >= 15 is 0 Å². The van der Waals surface area contributed by atoms with Crippen LogP contribution in [0, 0.1) is 5.21 Å². The lowest BCUT2D eigenvalue weighted by Crippen LogP contribution is -2.37. The van der Waals surface area contributed by atoms with Crippen molar-refractivity contribution >= 4 is 28.3 Å². The van der Waals surface area contributed by atoms with Gasteiger partial charge in [0.25, 0.3) is 5.71 Å². The minimum atomic E-state index is -0.229. The molecule has 33 heavy (non-hydrogen) atoms. The molecular weight excluding hydrogens is 416 g/mol. The molecule has 2 aromatic carbocycles. The Morgan fingerprint density at radius 3 is 2.67 bits per heavy atom. The van der Waals surface area contributed by atoms with E-state index in [0.29, 0.717) is 13.2 Å². The number of carbonyl (C=O) groups excluding carboxylic acids is 1. The van der Waals surface area contributed by atoms with Gasteiger partial charge in [-0.05, 0) is 43.5 Å². The number of anilines is 1. The van der Waals surface area contributed by atoms with E-state index in [1.54, 1.807) is 12.0 Å². The van der Waals surface area contributed by atoms with Gasteiger partial charge in [-0.15, -0.1) is 0 Å². The second kappa shape index (κ2) is 9.35. The molecule has 1 aliphatic carbocycles. The number of methoxy groups -OCH3 is 1. The lowest BCUT2D eigenvalue weighted by Gasteiger charge is -2.22. The van der Waals surface area contributed by atoms with E-state index in [-0.39, 0.29) is 17.7 Å². The van der Waals surface area contributed by atoms with Gasteiger partial charge in [-0.3, -0.25) is 9.69 Å². The van der Waals surface area contributed by atoms with Gasteiger partial charge >= 0.3 is 5.91 Å². The number of nitrogens with zero attached hydrogens (tertiary/aromatic N) is 4. The van der Waals surface area contributed by atoms with Gasteiger partial charge in [-0.1, -0.05) is 30.7 Å². The second-order valence-corrected chi connectivity index (χ2v) is 8.89. The molecule has 0 radical (unpaired) electrons. The van der Waals surface area contributed by atoms with Gasteiger partial charge in [0.2, 0.25) is 0 Å². The molecule has 3 aromatic rings. The second-order valence-electron chi connectivity index (χ2n) is 8.89. The number of fused-ring (bicyclic) bond motifs is 2. The number of ether oxygens (including phenoxy) is 1. The minimum absolute atomic E-state index is 0.121. The number of rotatable bonds is 7. The summed E-state index contributed by atoms with van der Waals surface area (Å²) in [7, 11) is 1.70. The van der Waals surface area contributed by atoms with Crippen LogP contribution in [0.2, 0.25) is 0 Å². The quantitative estimate of drug-likeness (QED) is 0.235. The number of hydrogen-bond donors (Lipinski definition) is 0. The van der Waals surface area contributed by atoms with Gasteiger partial charge in [0.15, 0.2) is 6.04 Å². The summed E-state index contributed by atoms with van der Waals surface area (Å²) in [6.45, 7) is 1.72. The minimum Gasteiger partial charge on any atom is -0.623 e. The van der Waals surface area contributed by atoms with Gasteiger partial charge in [0, 0.05) is 33.1 Å². The zero-order valence-electron chi connectivity index (χ0n) is 19.1. The number of hydrogen-bond acceptors (Lipinski definition) is 4. The highest BCUT2D eigenvalue weighted by Crippen LogP contribution is 2.32. The van der Waals surface area contributed by atoms with Gasteiger partial charge in [-0.25, -0.2) is 4.98 Å². The van der Waals surface area contributed by atoms with E-state index in [2.05, 4.69) is 10.6 Å². The number of hydroxylamine groups is 1. The SMILES string of the molecule is COCCCn1c(CN2C(=O)/C(=[N+](/[O-])C3CCCCC3)c3ccccc32)nc2ccccc21. The van der Waals surface area contributed by atoms with Crippen LogP contribution in [0.5, 0.6) is 0 Å². The van der Waals surface area contributed by atoms with Gasteiger partial charge in [-0.2, -0.15) is 4.74 Å². The van der Waals surface area contributed by atoms with Gasteiger partial charge in [0.05, 0.1) is 28.8 Å². The molecule has 0 saturated heterocycles. The Morgan fingerprint density at radius 2 is 1.85 bits per heavy atom. The largest absolute Gasteiger partial charge is 0.623 e. The maximum atomic E-state index is 13.6. The fourth-order valence-electron chi connectivity index (χ4n) is 5.13. The molecule has 0 bridgehead atoms. The maximum Gasteiger partial charge on any atom is 0.325 e. The molecule has 5 rings (SSSR count). The Kier molecular flexibility index (Phi) is 6.13. The van der Waals surface area contributed by atoms with Crippen LogP contribution in [-0.4, -0.2) is 45.7 Å². The third kappa shape index (κ3) is 4.02. The number of carbonyl (C=O) groups is 1. The summed E-state index contributed by atoms with van der Waals surface area (Å²) in [6.07, 6.45) is 5.79. The molecular formula is C26H30N4O3. The molecule has 1 aromatic heterocycles. The molecule has 0 spiro atoms. The number of aryl methyl sites for hydroxylation is 1. The molecule has 0 unspecified atom stereocenters. The fourth-order valence-corrected chi connectivity index (χ4v) is 5.13. The van der Waals surface area contributed by atoms with E-state index in [0.717, 1.165) is 77.9 Å². The first-order valence-electron chi connectivity index (χ1n) is 11.9. The molecule has 0 N–H and O–H groups in total. The van der Waals surface area contributed by atoms with Crippen molar-refractivity contribution < 1.29 is 14.3 Å². The summed E-state index contributed by atoms with van der Waals surface area (Å²) in [5, 5.41) is 13.4. The Morgan fingerprint density at radius 1 is 1.09 bits per heavy atom. The Labute approximate surface area is 193 Å². The first-order chi connectivity index (χ1) is 16.2. The number of amides is 1. The number of benzene rings is 2. The van der Waals surface area contributed by atoms with Crippen LogP contribution in [0.15, 0.2) is 48.5 Å². The van der Waals surface area contributed by atoms with Crippen molar-refractivity contribution in [3.8, 4) is 0 Å². The van der Waals surface area contributed by atoms with Crippen LogP contribution >= 0.6 is 0 Å². The summed E-state index contributed by atoms with van der Waals surface area (Å²) in [4.78, 5) is 20.2. The van der Waals surface area contributed by atoms with Crippen LogP contribution in [0.1, 0.15) is 49.9 Å². The zero-order valence-corrected chi connectivity index (χ0v) is 19.1. The molecule has 2 aliphatic rings. The van der Waals surface area contributed by atoms with Gasteiger partial charge < -0.3 is 14.5 Å². The molecule has 1 amide bonds. The van der Waals surface area contributed by atoms with Crippen LogP contribution in [-0.2, 0) is 22.6 Å². The summed E-state index contributed by atoms with van der Waals surface area (Å²) >= 11 is 0. The molecule has 7 nitrogen and oxygen atoms in total. The molecule has 1 saturated carbocycles. The first-order valence-corrected chi connectivity index (χ1v) is 11.9. The monoisotopic (exact) mass is 446 g/mol. The van der Waals surface area contributed by atoms with E-state index in [9.17, 15) is 10.0 Å². The van der Waals surface area contributed by atoms with Crippen molar-refractivity contribution in [2.24, 2.45) is 0 Å². The molecule has 0 atom stereocenters. The number of aromatic nitrogens is 2. The third-order valence-electron chi connectivity index (χ3n) is 6.79. The molecule has 2 heterocycles. The molecule has 1 aliphatic heterocycles. The van der Waals surface area contributed by atoms with Crippen molar-refractivity contribution in [2.45, 2.75) is 57.7 Å². The highest BCUT2D eigenvalue weighted by molar-refractivity contribution is 6.52. The fraction of sp³-hybridized carbons (Fsp3) is 0.423. The number of para-hydroxylation sites is 3. The standard InChI is InChI=1S/C26H30N4O3/c1-33-17-9-16-28-23-15-8-6-13-21(23)27-24(28)18-29-22-14-7-5-12-20(22)25(26(29)31)30(32)19-10-3-2-4-11-19/h5-8,12-15,19H,2-4,9-11,16-18H2,1H3/b30-25+. The van der Waals surface area contributed by atoms with E-state index in [1.165, 1.54) is 0 Å². The average molecular weight is 447 g/mol. The van der Waals surface area contributed by atoms with Crippen LogP contribution in [0.4, 0.5) is 5.69 Å². The van der Waals surface area contributed by atoms with Crippen molar-refractivity contribution in [1.29, 1.82) is 0 Å². The third-order valence-corrected chi connectivity index (χ3v) is 6.79. The van der Waals surface area contributed by atoms with Crippen LogP contribution < -0.4 is 4.90 Å². The van der Waals surface area contributed by atoms with Crippen LogP contribution in [0.25, 0.3) is 11.0 Å². The lowest BCUT2D eigenvalue weighted by molar-refractivity contribution is -0.504. The van der Waals surface area contributed by atoms with E-state index in [4.69, 9.17) is 9.72 Å². The Balaban J connectivity index is 1.52. The summed E-state index contributed by atoms with van der Waals surface area (Å²) in [5.74, 6) is 0.582. The van der Waals surface area contributed by atoms with Crippen molar-refractivity contribution in [3.63, 3.8) is 0 Å².